The van der Waals surface area contributed by atoms with Crippen LogP contribution in [0.4, 0.5) is 0 Å². The second-order valence-corrected chi connectivity index (χ2v) is 6.51. The molecule has 4 heterocycles. The Kier molecular flexibility index (Phi) is 4.74. The second-order valence-electron chi connectivity index (χ2n) is 6.51. The number of rotatable bonds is 3. The smallest absolute Gasteiger partial charge is 0.264 e. The molecule has 0 radical (unpaired) electrons. The van der Waals surface area contributed by atoms with Crippen molar-refractivity contribution in [2.45, 2.75) is 25.3 Å². The summed E-state index contributed by atoms with van der Waals surface area (Å²) >= 11 is 0. The number of H-pyrrole nitrogens is 1. The standard InChI is InChI=1S/C20H19N5O2/c26-19-16(13-23-18(24-19)15-6-4-9-22-12-15)20(27)25-10-2-1-7-17(25)14-5-3-8-21-11-14/h3-6,8-9,11-13,17H,1-2,7,10H2,(H,23,24,26)/t17-/m0/s1. The molecule has 7 heteroatoms. The molecule has 1 aliphatic rings. The summed E-state index contributed by atoms with van der Waals surface area (Å²) in [6.45, 7) is 0.613. The van der Waals surface area contributed by atoms with E-state index in [0.717, 1.165) is 24.8 Å². The van der Waals surface area contributed by atoms with Crippen molar-refractivity contribution < 1.29 is 4.79 Å². The van der Waals surface area contributed by atoms with Crippen molar-refractivity contribution in [3.63, 3.8) is 0 Å². The normalized spacial score (nSPS) is 16.9. The van der Waals surface area contributed by atoms with Crippen molar-refractivity contribution in [2.24, 2.45) is 0 Å². The summed E-state index contributed by atoms with van der Waals surface area (Å²) in [7, 11) is 0. The Morgan fingerprint density at radius 1 is 1.07 bits per heavy atom. The predicted octanol–water partition coefficient (Wildman–Crippen LogP) is 2.59. The van der Waals surface area contributed by atoms with Crippen molar-refractivity contribution in [3.8, 4) is 11.4 Å². The van der Waals surface area contributed by atoms with Gasteiger partial charge in [-0.2, -0.15) is 0 Å². The number of nitrogens with zero attached hydrogens (tertiary/aromatic N) is 4. The zero-order valence-electron chi connectivity index (χ0n) is 14.7. The first-order valence-electron chi connectivity index (χ1n) is 8.94. The van der Waals surface area contributed by atoms with E-state index >= 15 is 0 Å². The summed E-state index contributed by atoms with van der Waals surface area (Å²) < 4.78 is 0. The molecule has 0 bridgehead atoms. The molecule has 1 aliphatic heterocycles. The highest BCUT2D eigenvalue weighted by atomic mass is 16.2. The van der Waals surface area contributed by atoms with Gasteiger partial charge in [0.1, 0.15) is 11.4 Å². The lowest BCUT2D eigenvalue weighted by molar-refractivity contribution is 0.0609. The molecule has 1 saturated heterocycles. The zero-order valence-corrected chi connectivity index (χ0v) is 14.7. The van der Waals surface area contributed by atoms with Crippen molar-refractivity contribution in [3.05, 3.63) is 76.7 Å². The number of carbonyl (C=O) groups is 1. The average Bonchev–Trinajstić information content (AvgIpc) is 2.74. The van der Waals surface area contributed by atoms with Crippen molar-refractivity contribution in [1.29, 1.82) is 0 Å². The van der Waals surface area contributed by atoms with Gasteiger partial charge < -0.3 is 9.88 Å². The van der Waals surface area contributed by atoms with Gasteiger partial charge in [-0.15, -0.1) is 0 Å². The maximum absolute atomic E-state index is 13.1. The van der Waals surface area contributed by atoms with Crippen LogP contribution in [0.2, 0.25) is 0 Å². The lowest BCUT2D eigenvalue weighted by Crippen LogP contribution is -2.40. The van der Waals surface area contributed by atoms with Crippen LogP contribution in [-0.2, 0) is 0 Å². The number of hydrogen-bond acceptors (Lipinski definition) is 5. The van der Waals surface area contributed by atoms with Crippen LogP contribution in [-0.4, -0.2) is 37.3 Å². The number of piperidine rings is 1. The van der Waals surface area contributed by atoms with Crippen molar-refractivity contribution >= 4 is 5.91 Å². The van der Waals surface area contributed by atoms with E-state index in [2.05, 4.69) is 19.9 Å². The van der Waals surface area contributed by atoms with Gasteiger partial charge in [-0.1, -0.05) is 6.07 Å². The van der Waals surface area contributed by atoms with Crippen LogP contribution in [0.1, 0.15) is 41.2 Å². The minimum Gasteiger partial charge on any atom is -0.331 e. The maximum atomic E-state index is 13.1. The van der Waals surface area contributed by atoms with Crippen LogP contribution in [0.25, 0.3) is 11.4 Å². The van der Waals surface area contributed by atoms with Crippen LogP contribution in [0.5, 0.6) is 0 Å². The molecule has 0 unspecified atom stereocenters. The molecule has 1 atom stereocenters. The molecule has 0 spiro atoms. The van der Waals surface area contributed by atoms with Gasteiger partial charge in [-0.25, -0.2) is 4.98 Å². The Hall–Kier alpha value is -3.35. The van der Waals surface area contributed by atoms with Gasteiger partial charge in [0.15, 0.2) is 0 Å². The van der Waals surface area contributed by atoms with Gasteiger partial charge in [0.05, 0.1) is 6.04 Å². The van der Waals surface area contributed by atoms with E-state index in [1.807, 2.05) is 12.1 Å². The number of likely N-dealkylation sites (tertiary alicyclic amines) is 1. The number of pyridine rings is 2. The number of aromatic nitrogens is 4. The molecule has 1 fully saturated rings. The summed E-state index contributed by atoms with van der Waals surface area (Å²) in [5.74, 6) is 0.0992. The van der Waals surface area contributed by atoms with E-state index in [-0.39, 0.29) is 17.5 Å². The fourth-order valence-corrected chi connectivity index (χ4v) is 3.45. The van der Waals surface area contributed by atoms with Gasteiger partial charge in [-0.05, 0) is 43.0 Å². The van der Waals surface area contributed by atoms with Crippen LogP contribution >= 0.6 is 0 Å². The van der Waals surface area contributed by atoms with Crippen LogP contribution in [0.3, 0.4) is 0 Å². The molecule has 136 valence electrons. The van der Waals surface area contributed by atoms with E-state index in [0.29, 0.717) is 17.9 Å². The molecule has 1 amide bonds. The van der Waals surface area contributed by atoms with Crippen LogP contribution < -0.4 is 5.56 Å². The second kappa shape index (κ2) is 7.49. The fraction of sp³-hybridized carbons (Fsp3) is 0.250. The summed E-state index contributed by atoms with van der Waals surface area (Å²) in [4.78, 5) is 42.6. The number of amides is 1. The number of nitrogens with one attached hydrogen (secondary N) is 1. The quantitative estimate of drug-likeness (QED) is 0.774. The third-order valence-electron chi connectivity index (χ3n) is 4.80. The lowest BCUT2D eigenvalue weighted by Gasteiger charge is -2.35. The Balaban J connectivity index is 1.64. The molecule has 0 aromatic carbocycles. The van der Waals surface area contributed by atoms with E-state index in [4.69, 9.17) is 0 Å². The summed E-state index contributed by atoms with van der Waals surface area (Å²) in [6, 6.07) is 7.33. The molecule has 7 nitrogen and oxygen atoms in total. The third kappa shape index (κ3) is 3.48. The minimum atomic E-state index is -0.440. The van der Waals surface area contributed by atoms with Crippen LogP contribution in [0.15, 0.2) is 60.0 Å². The zero-order chi connectivity index (χ0) is 18.6. The van der Waals surface area contributed by atoms with E-state index in [1.54, 1.807) is 41.8 Å². The highest BCUT2D eigenvalue weighted by Gasteiger charge is 2.30. The molecule has 0 saturated carbocycles. The first-order valence-corrected chi connectivity index (χ1v) is 8.94. The van der Waals surface area contributed by atoms with Crippen molar-refractivity contribution in [1.82, 2.24) is 24.8 Å². The van der Waals surface area contributed by atoms with Gasteiger partial charge in [0, 0.05) is 43.1 Å². The highest BCUT2D eigenvalue weighted by Crippen LogP contribution is 2.31. The summed E-state index contributed by atoms with van der Waals surface area (Å²) in [5, 5.41) is 0. The molecular formula is C20H19N5O2. The van der Waals surface area contributed by atoms with Gasteiger partial charge in [-0.3, -0.25) is 19.6 Å². The van der Waals surface area contributed by atoms with E-state index in [9.17, 15) is 9.59 Å². The summed E-state index contributed by atoms with van der Waals surface area (Å²) in [5.41, 5.74) is 1.30. The topological polar surface area (TPSA) is 91.8 Å². The monoisotopic (exact) mass is 361 g/mol. The Morgan fingerprint density at radius 3 is 2.59 bits per heavy atom. The molecule has 0 aliphatic carbocycles. The van der Waals surface area contributed by atoms with Gasteiger partial charge >= 0.3 is 0 Å². The minimum absolute atomic E-state index is 0.0541. The fourth-order valence-electron chi connectivity index (χ4n) is 3.45. The predicted molar refractivity (Wildman–Crippen MR) is 100.0 cm³/mol. The maximum Gasteiger partial charge on any atom is 0.264 e. The Morgan fingerprint density at radius 2 is 1.89 bits per heavy atom. The lowest BCUT2D eigenvalue weighted by atomic mass is 9.96. The molecular weight excluding hydrogens is 342 g/mol. The van der Waals surface area contributed by atoms with Gasteiger partial charge in [0.25, 0.3) is 11.5 Å². The third-order valence-corrected chi connectivity index (χ3v) is 4.80. The van der Waals surface area contributed by atoms with E-state index < -0.39 is 5.56 Å². The molecule has 4 rings (SSSR count). The SMILES string of the molecule is O=C(c1cnc(-c2cccnc2)[nH]c1=O)N1CCCC[C@H]1c1cccnc1. The number of hydrogen-bond donors (Lipinski definition) is 1. The first-order chi connectivity index (χ1) is 13.2. The number of aromatic amines is 1. The van der Waals surface area contributed by atoms with E-state index in [1.165, 1.54) is 6.20 Å². The molecule has 3 aromatic rings. The first kappa shape index (κ1) is 17.1. The largest absolute Gasteiger partial charge is 0.331 e. The average molecular weight is 361 g/mol. The molecule has 1 N–H and O–H groups in total. The van der Waals surface area contributed by atoms with Gasteiger partial charge in [0.2, 0.25) is 0 Å². The highest BCUT2D eigenvalue weighted by molar-refractivity contribution is 5.94. The Bertz CT molecular complexity index is 988. The van der Waals surface area contributed by atoms with Crippen LogP contribution in [0, 0.1) is 0 Å². The molecule has 3 aromatic heterocycles. The summed E-state index contributed by atoms with van der Waals surface area (Å²) in [6.07, 6.45) is 10.9. The number of carbonyl (C=O) groups excluding carboxylic acids is 1. The van der Waals surface area contributed by atoms with Crippen molar-refractivity contribution in [2.75, 3.05) is 6.54 Å². The molecule has 27 heavy (non-hydrogen) atoms. The Labute approximate surface area is 156 Å².